The van der Waals surface area contributed by atoms with Crippen molar-refractivity contribution in [1.29, 1.82) is 0 Å². The molecule has 0 atom stereocenters. The van der Waals surface area contributed by atoms with Gasteiger partial charge in [0.2, 0.25) is 0 Å². The molecule has 0 aliphatic carbocycles. The molecule has 2 rings (SSSR count). The number of hydrogen-bond donors (Lipinski definition) is 1. The molecule has 93 valence electrons. The number of nitrogens with one attached hydrogen (secondary N) is 1. The maximum Gasteiger partial charge on any atom is 0.416 e. The molecule has 0 spiro atoms. The molecule has 2 nitrogen and oxygen atoms in total. The van der Waals surface area contributed by atoms with E-state index in [1.54, 1.807) is 0 Å². The van der Waals surface area contributed by atoms with Crippen molar-refractivity contribution in [1.82, 2.24) is 5.32 Å². The molecule has 1 aromatic carbocycles. The van der Waals surface area contributed by atoms with E-state index in [2.05, 4.69) is 10.6 Å². The molecule has 0 saturated carbocycles. The van der Waals surface area contributed by atoms with Crippen LogP contribution in [0.2, 0.25) is 0 Å². The van der Waals surface area contributed by atoms with Crippen LogP contribution in [0.15, 0.2) is 24.3 Å². The summed E-state index contributed by atoms with van der Waals surface area (Å²) in [6, 6.07) is 5.50. The lowest BCUT2D eigenvalue weighted by atomic mass is 10.1. The number of benzene rings is 1. The lowest BCUT2D eigenvalue weighted by molar-refractivity contribution is -0.137. The van der Waals surface area contributed by atoms with Gasteiger partial charge in [0.05, 0.1) is 5.56 Å². The van der Waals surface area contributed by atoms with Gasteiger partial charge in [0.25, 0.3) is 0 Å². The minimum Gasteiger partial charge on any atom is -0.382 e. The number of halogens is 3. The van der Waals surface area contributed by atoms with Gasteiger partial charge in [-0.1, -0.05) is 0 Å². The van der Waals surface area contributed by atoms with Gasteiger partial charge in [-0.3, -0.25) is 0 Å². The van der Waals surface area contributed by atoms with Crippen LogP contribution >= 0.6 is 0 Å². The van der Waals surface area contributed by atoms with Gasteiger partial charge in [0.15, 0.2) is 0 Å². The minimum absolute atomic E-state index is 0.323. The number of hydrogen-bond acceptors (Lipinski definition) is 1. The molecule has 1 N–H and O–H groups in total. The van der Waals surface area contributed by atoms with Crippen LogP contribution in [0.5, 0.6) is 0 Å². The Kier molecular flexibility index (Phi) is 3.57. The third-order valence-electron chi connectivity index (χ3n) is 2.85. The van der Waals surface area contributed by atoms with E-state index in [0.29, 0.717) is 6.04 Å². The number of alkyl halides is 3. The summed E-state index contributed by atoms with van der Waals surface area (Å²) in [7, 11) is 0. The fourth-order valence-electron chi connectivity index (χ4n) is 1.89. The molecule has 0 amide bonds. The fraction of sp³-hybridized carbons (Fsp3) is 0.500. The average molecular weight is 243 g/mol. The van der Waals surface area contributed by atoms with E-state index in [0.717, 1.165) is 43.8 Å². The second kappa shape index (κ2) is 4.96. The first-order chi connectivity index (χ1) is 8.05. The number of piperidine rings is 1. The average Bonchev–Trinajstić information content (AvgIpc) is 2.30. The predicted molar refractivity (Wildman–Crippen MR) is 60.0 cm³/mol. The van der Waals surface area contributed by atoms with Crippen molar-refractivity contribution < 1.29 is 13.2 Å². The van der Waals surface area contributed by atoms with Gasteiger partial charge in [-0.25, -0.2) is 5.32 Å². The van der Waals surface area contributed by atoms with Crippen molar-refractivity contribution >= 4 is 5.69 Å². The molecule has 1 saturated heterocycles. The lowest BCUT2D eigenvalue weighted by Gasteiger charge is -2.23. The number of rotatable bonds is 2. The first kappa shape index (κ1) is 12.2. The van der Waals surface area contributed by atoms with Crippen LogP contribution in [0.1, 0.15) is 18.4 Å². The van der Waals surface area contributed by atoms with Gasteiger partial charge in [0.1, 0.15) is 0 Å². The Morgan fingerprint density at radius 3 is 2.18 bits per heavy atom. The first-order valence-corrected chi connectivity index (χ1v) is 5.63. The van der Waals surface area contributed by atoms with Crippen molar-refractivity contribution in [3.05, 3.63) is 29.8 Å². The Balaban J connectivity index is 1.98. The summed E-state index contributed by atoms with van der Waals surface area (Å²) in [5.74, 6) is 0. The highest BCUT2D eigenvalue weighted by Crippen LogP contribution is 2.30. The SMILES string of the molecule is FC(F)(F)c1ccc(NC2CC[N]CC2)cc1. The third-order valence-corrected chi connectivity index (χ3v) is 2.85. The molecule has 1 heterocycles. The van der Waals surface area contributed by atoms with Crippen molar-refractivity contribution in [2.45, 2.75) is 25.1 Å². The van der Waals surface area contributed by atoms with Crippen LogP contribution < -0.4 is 10.6 Å². The van der Waals surface area contributed by atoms with E-state index >= 15 is 0 Å². The maximum atomic E-state index is 12.3. The van der Waals surface area contributed by atoms with Crippen LogP contribution in [-0.4, -0.2) is 19.1 Å². The van der Waals surface area contributed by atoms with Crippen LogP contribution in [-0.2, 0) is 6.18 Å². The molecule has 1 aliphatic rings. The molecule has 5 heteroatoms. The van der Waals surface area contributed by atoms with E-state index in [1.165, 1.54) is 12.1 Å². The maximum absolute atomic E-state index is 12.3. The zero-order chi connectivity index (χ0) is 12.3. The largest absolute Gasteiger partial charge is 0.416 e. The highest BCUT2D eigenvalue weighted by molar-refractivity contribution is 5.46. The van der Waals surface area contributed by atoms with Crippen molar-refractivity contribution in [3.63, 3.8) is 0 Å². The zero-order valence-corrected chi connectivity index (χ0v) is 9.30. The molecular weight excluding hydrogens is 229 g/mol. The predicted octanol–water partition coefficient (Wildman–Crippen LogP) is 2.88. The first-order valence-electron chi connectivity index (χ1n) is 5.63. The molecule has 1 aliphatic heterocycles. The van der Waals surface area contributed by atoms with Gasteiger partial charge in [0, 0.05) is 24.8 Å². The van der Waals surface area contributed by atoms with Gasteiger partial charge < -0.3 is 5.32 Å². The van der Waals surface area contributed by atoms with Gasteiger partial charge >= 0.3 is 6.18 Å². The second-order valence-electron chi connectivity index (χ2n) is 4.16. The van der Waals surface area contributed by atoms with E-state index in [4.69, 9.17) is 0 Å². The standard InChI is InChI=1S/C12H14F3N2/c13-12(14,15)9-1-3-10(4-2-9)17-11-5-7-16-8-6-11/h1-4,11,17H,5-8H2. The van der Waals surface area contributed by atoms with Crippen molar-refractivity contribution in [2.75, 3.05) is 18.4 Å². The molecule has 0 unspecified atom stereocenters. The monoisotopic (exact) mass is 243 g/mol. The fourth-order valence-corrected chi connectivity index (χ4v) is 1.89. The zero-order valence-electron chi connectivity index (χ0n) is 9.30. The van der Waals surface area contributed by atoms with Crippen LogP contribution in [0.25, 0.3) is 0 Å². The second-order valence-corrected chi connectivity index (χ2v) is 4.16. The lowest BCUT2D eigenvalue weighted by Crippen LogP contribution is -2.31. The number of nitrogens with zero attached hydrogens (tertiary/aromatic N) is 1. The Bertz CT molecular complexity index is 353. The van der Waals surface area contributed by atoms with Gasteiger partial charge in [-0.15, -0.1) is 0 Å². The summed E-state index contributed by atoms with van der Waals surface area (Å²) in [6.45, 7) is 1.66. The smallest absolute Gasteiger partial charge is 0.382 e. The van der Waals surface area contributed by atoms with Gasteiger partial charge in [-0.05, 0) is 37.1 Å². The molecule has 1 radical (unpaired) electrons. The van der Waals surface area contributed by atoms with Crippen LogP contribution in [0.4, 0.5) is 18.9 Å². The van der Waals surface area contributed by atoms with E-state index in [9.17, 15) is 13.2 Å². The Morgan fingerprint density at radius 1 is 1.06 bits per heavy atom. The van der Waals surface area contributed by atoms with Crippen LogP contribution in [0, 0.1) is 0 Å². The Labute approximate surface area is 98.2 Å². The van der Waals surface area contributed by atoms with Crippen LogP contribution in [0.3, 0.4) is 0 Å². The summed E-state index contributed by atoms with van der Waals surface area (Å²) < 4.78 is 37.0. The molecule has 17 heavy (non-hydrogen) atoms. The summed E-state index contributed by atoms with van der Waals surface area (Å²) in [6.07, 6.45) is -2.37. The summed E-state index contributed by atoms with van der Waals surface area (Å²) in [5.41, 5.74) is 0.131. The van der Waals surface area contributed by atoms with Gasteiger partial charge in [-0.2, -0.15) is 13.2 Å². The highest BCUT2D eigenvalue weighted by Gasteiger charge is 2.30. The Hall–Kier alpha value is -1.23. The minimum atomic E-state index is -4.26. The van der Waals surface area contributed by atoms with Crippen molar-refractivity contribution in [3.8, 4) is 0 Å². The summed E-state index contributed by atoms with van der Waals surface area (Å²) in [4.78, 5) is 0. The topological polar surface area (TPSA) is 26.1 Å². The van der Waals surface area contributed by atoms with Crippen molar-refractivity contribution in [2.24, 2.45) is 0 Å². The Morgan fingerprint density at radius 2 is 1.65 bits per heavy atom. The number of anilines is 1. The molecule has 0 bridgehead atoms. The van der Waals surface area contributed by atoms with E-state index < -0.39 is 11.7 Å². The third kappa shape index (κ3) is 3.36. The molecule has 1 fully saturated rings. The molecule has 0 aromatic heterocycles. The quantitative estimate of drug-likeness (QED) is 0.849. The molecule has 1 aromatic rings. The summed E-state index contributed by atoms with van der Waals surface area (Å²) in [5, 5.41) is 7.46. The highest BCUT2D eigenvalue weighted by atomic mass is 19.4. The summed E-state index contributed by atoms with van der Waals surface area (Å²) >= 11 is 0. The molecular formula is C12H14F3N2. The normalized spacial score (nSPS) is 18.1. The van der Waals surface area contributed by atoms with E-state index in [-0.39, 0.29) is 0 Å². The van der Waals surface area contributed by atoms with E-state index in [1.807, 2.05) is 0 Å².